The van der Waals surface area contributed by atoms with Gasteiger partial charge in [-0.15, -0.1) is 11.3 Å². The Kier molecular flexibility index (Phi) is 5.52. The van der Waals surface area contributed by atoms with Gasteiger partial charge in [0.05, 0.1) is 15.3 Å². The number of sulfonamides is 1. The Morgan fingerprint density at radius 3 is 2.55 bits per heavy atom. The summed E-state index contributed by atoms with van der Waals surface area (Å²) in [6, 6.07) is 12.1. The van der Waals surface area contributed by atoms with Gasteiger partial charge in [0.2, 0.25) is 0 Å². The first-order chi connectivity index (χ1) is 14.6. The summed E-state index contributed by atoms with van der Waals surface area (Å²) in [4.78, 5) is 14.5. The molecular formula is C21H17F3N2O3S2. The van der Waals surface area contributed by atoms with Crippen LogP contribution in [0.3, 0.4) is 0 Å². The third-order valence-electron chi connectivity index (χ3n) is 4.96. The fraction of sp³-hybridized carbons (Fsp3) is 0.190. The summed E-state index contributed by atoms with van der Waals surface area (Å²) < 4.78 is 66.4. The van der Waals surface area contributed by atoms with E-state index in [2.05, 4.69) is 4.72 Å². The maximum Gasteiger partial charge on any atom is 0.416 e. The second kappa shape index (κ2) is 8.01. The van der Waals surface area contributed by atoms with Crippen LogP contribution >= 0.6 is 11.3 Å². The Labute approximate surface area is 181 Å². The fourth-order valence-electron chi connectivity index (χ4n) is 3.40. The highest BCUT2D eigenvalue weighted by molar-refractivity contribution is 7.92. The highest BCUT2D eigenvalue weighted by atomic mass is 32.2. The quantitative estimate of drug-likeness (QED) is 0.603. The zero-order valence-electron chi connectivity index (χ0n) is 16.0. The summed E-state index contributed by atoms with van der Waals surface area (Å²) in [6.07, 6.45) is -4.01. The minimum atomic E-state index is -4.64. The molecule has 1 N–H and O–H groups in total. The summed E-state index contributed by atoms with van der Waals surface area (Å²) in [5.41, 5.74) is 0.975. The van der Waals surface area contributed by atoms with Gasteiger partial charge >= 0.3 is 6.18 Å². The first-order valence-corrected chi connectivity index (χ1v) is 11.6. The number of nitrogens with zero attached hydrogens (tertiary/aromatic N) is 1. The minimum Gasteiger partial charge on any atom is -0.333 e. The molecule has 2 aromatic carbocycles. The van der Waals surface area contributed by atoms with E-state index in [-0.39, 0.29) is 11.6 Å². The second-order valence-electron chi connectivity index (χ2n) is 7.07. The zero-order chi connectivity index (χ0) is 22.2. The van der Waals surface area contributed by atoms with Crippen LogP contribution < -0.4 is 4.72 Å². The topological polar surface area (TPSA) is 66.5 Å². The molecule has 1 aliphatic rings. The van der Waals surface area contributed by atoms with Gasteiger partial charge in [0, 0.05) is 18.8 Å². The number of benzene rings is 2. The Morgan fingerprint density at radius 2 is 1.84 bits per heavy atom. The standard InChI is InChI=1S/C21H17F3N2O3S2/c22-21(23,24)16-3-1-4-18(12-16)31(28,29)25-17-7-6-14-8-9-26(13-15(14)11-17)20(27)19-5-2-10-30-19/h1-7,10-12,25H,8-9,13H2. The average molecular weight is 467 g/mol. The highest BCUT2D eigenvalue weighted by Crippen LogP contribution is 2.31. The molecule has 162 valence electrons. The number of carbonyl (C=O) groups excluding carboxylic acids is 1. The number of nitrogens with one attached hydrogen (secondary N) is 1. The van der Waals surface area contributed by atoms with Crippen molar-refractivity contribution in [3.8, 4) is 0 Å². The molecule has 2 heterocycles. The number of thiophene rings is 1. The number of anilines is 1. The molecule has 0 atom stereocenters. The van der Waals surface area contributed by atoms with Gasteiger partial charge in [0.25, 0.3) is 15.9 Å². The molecule has 0 aliphatic carbocycles. The van der Waals surface area contributed by atoms with Crippen LogP contribution in [0.2, 0.25) is 0 Å². The van der Waals surface area contributed by atoms with Gasteiger partial charge in [0.1, 0.15) is 0 Å². The number of alkyl halides is 3. The Hall–Kier alpha value is -2.85. The maximum absolute atomic E-state index is 12.9. The molecule has 1 aliphatic heterocycles. The van der Waals surface area contributed by atoms with Crippen LogP contribution in [0.25, 0.3) is 0 Å². The molecule has 3 aromatic rings. The number of hydrogen-bond donors (Lipinski definition) is 1. The molecule has 0 bridgehead atoms. The molecule has 4 rings (SSSR count). The van der Waals surface area contributed by atoms with Crippen LogP contribution in [0.4, 0.5) is 18.9 Å². The Morgan fingerprint density at radius 1 is 1.03 bits per heavy atom. The number of halogens is 3. The van der Waals surface area contributed by atoms with E-state index < -0.39 is 26.7 Å². The van der Waals surface area contributed by atoms with E-state index in [9.17, 15) is 26.4 Å². The normalized spacial score (nSPS) is 14.2. The molecule has 0 unspecified atom stereocenters. The molecule has 0 spiro atoms. The van der Waals surface area contributed by atoms with Crippen molar-refractivity contribution in [2.45, 2.75) is 24.0 Å². The van der Waals surface area contributed by atoms with Crippen molar-refractivity contribution in [2.24, 2.45) is 0 Å². The van der Waals surface area contributed by atoms with Crippen molar-refractivity contribution < 1.29 is 26.4 Å². The summed E-state index contributed by atoms with van der Waals surface area (Å²) in [6.45, 7) is 0.879. The Bertz CT molecular complexity index is 1220. The lowest BCUT2D eigenvalue weighted by atomic mass is 9.99. The summed E-state index contributed by atoms with van der Waals surface area (Å²) in [7, 11) is -4.22. The van der Waals surface area contributed by atoms with E-state index >= 15 is 0 Å². The second-order valence-corrected chi connectivity index (χ2v) is 9.70. The van der Waals surface area contributed by atoms with Crippen molar-refractivity contribution in [2.75, 3.05) is 11.3 Å². The van der Waals surface area contributed by atoms with E-state index in [1.54, 1.807) is 35.2 Å². The van der Waals surface area contributed by atoms with Crippen LogP contribution in [0.1, 0.15) is 26.4 Å². The van der Waals surface area contributed by atoms with Gasteiger partial charge in [0.15, 0.2) is 0 Å². The molecule has 1 amide bonds. The third kappa shape index (κ3) is 4.59. The molecule has 5 nitrogen and oxygen atoms in total. The van der Waals surface area contributed by atoms with Gasteiger partial charge in [-0.3, -0.25) is 9.52 Å². The summed E-state index contributed by atoms with van der Waals surface area (Å²) in [5.74, 6) is -0.0874. The van der Waals surface area contributed by atoms with Gasteiger partial charge in [-0.05, 0) is 59.3 Å². The van der Waals surface area contributed by atoms with Crippen molar-refractivity contribution in [3.63, 3.8) is 0 Å². The fourth-order valence-corrected chi connectivity index (χ4v) is 5.19. The van der Waals surface area contributed by atoms with Crippen LogP contribution in [-0.2, 0) is 29.2 Å². The Balaban J connectivity index is 1.56. The molecule has 31 heavy (non-hydrogen) atoms. The van der Waals surface area contributed by atoms with Gasteiger partial charge in [-0.25, -0.2) is 8.42 Å². The van der Waals surface area contributed by atoms with Crippen molar-refractivity contribution in [1.29, 1.82) is 0 Å². The molecule has 0 fully saturated rings. The number of carbonyl (C=O) groups is 1. The van der Waals surface area contributed by atoms with E-state index in [1.165, 1.54) is 11.3 Å². The van der Waals surface area contributed by atoms with Gasteiger partial charge in [-0.1, -0.05) is 18.2 Å². The molecule has 0 saturated heterocycles. The maximum atomic E-state index is 12.9. The third-order valence-corrected chi connectivity index (χ3v) is 7.20. The minimum absolute atomic E-state index is 0.0874. The molecular weight excluding hydrogens is 449 g/mol. The monoisotopic (exact) mass is 466 g/mol. The smallest absolute Gasteiger partial charge is 0.333 e. The lowest BCUT2D eigenvalue weighted by Crippen LogP contribution is -2.35. The molecule has 0 radical (unpaired) electrons. The van der Waals surface area contributed by atoms with Crippen LogP contribution in [0.5, 0.6) is 0 Å². The largest absolute Gasteiger partial charge is 0.416 e. The molecule has 1 aromatic heterocycles. The van der Waals surface area contributed by atoms with Crippen LogP contribution in [-0.4, -0.2) is 25.8 Å². The van der Waals surface area contributed by atoms with Crippen molar-refractivity contribution >= 4 is 33.0 Å². The first kappa shape index (κ1) is 21.4. The summed E-state index contributed by atoms with van der Waals surface area (Å²) in [5, 5.41) is 1.83. The van der Waals surface area contributed by atoms with Gasteiger partial charge < -0.3 is 4.90 Å². The van der Waals surface area contributed by atoms with Crippen molar-refractivity contribution in [3.05, 3.63) is 81.5 Å². The van der Waals surface area contributed by atoms with E-state index in [0.717, 1.165) is 29.3 Å². The molecule has 10 heteroatoms. The predicted octanol–water partition coefficient (Wildman–Crippen LogP) is 4.77. The summed E-state index contributed by atoms with van der Waals surface area (Å²) >= 11 is 1.35. The van der Waals surface area contributed by atoms with E-state index in [4.69, 9.17) is 0 Å². The van der Waals surface area contributed by atoms with Crippen LogP contribution in [0, 0.1) is 0 Å². The number of amides is 1. The van der Waals surface area contributed by atoms with Crippen molar-refractivity contribution in [1.82, 2.24) is 4.90 Å². The average Bonchev–Trinajstić information content (AvgIpc) is 3.27. The van der Waals surface area contributed by atoms with E-state index in [1.807, 2.05) is 5.38 Å². The van der Waals surface area contributed by atoms with E-state index in [0.29, 0.717) is 30.5 Å². The lowest BCUT2D eigenvalue weighted by molar-refractivity contribution is -0.137. The van der Waals surface area contributed by atoms with Crippen LogP contribution in [0.15, 0.2) is 64.9 Å². The number of fused-ring (bicyclic) bond motifs is 1. The van der Waals surface area contributed by atoms with Gasteiger partial charge in [-0.2, -0.15) is 13.2 Å². The predicted molar refractivity (Wildman–Crippen MR) is 111 cm³/mol. The SMILES string of the molecule is O=C(c1cccs1)N1CCc2ccc(NS(=O)(=O)c3cccc(C(F)(F)F)c3)cc2C1. The number of hydrogen-bond acceptors (Lipinski definition) is 4. The number of rotatable bonds is 4. The lowest BCUT2D eigenvalue weighted by Gasteiger charge is -2.29. The zero-order valence-corrected chi connectivity index (χ0v) is 17.7. The first-order valence-electron chi connectivity index (χ1n) is 9.28. The molecule has 0 saturated carbocycles. The highest BCUT2D eigenvalue weighted by Gasteiger charge is 2.32.